The third-order valence-electron chi connectivity index (χ3n) is 3.57. The predicted octanol–water partition coefficient (Wildman–Crippen LogP) is 1.47. The number of hydrogen-bond acceptors (Lipinski definition) is 4. The first kappa shape index (κ1) is 16.8. The molecule has 0 bridgehead atoms. The lowest BCUT2D eigenvalue weighted by atomic mass is 9.86. The highest BCUT2D eigenvalue weighted by Crippen LogP contribution is 2.30. The SMILES string of the molecule is CC(C)(C)c1ccccc1OCCNC(=O)C1CNCCO1. The number of ether oxygens (including phenoxy) is 2. The molecule has 0 saturated carbocycles. The van der Waals surface area contributed by atoms with Crippen molar-refractivity contribution in [1.82, 2.24) is 10.6 Å². The molecule has 1 aromatic rings. The largest absolute Gasteiger partial charge is 0.491 e. The van der Waals surface area contributed by atoms with Crippen LogP contribution >= 0.6 is 0 Å². The van der Waals surface area contributed by atoms with Gasteiger partial charge in [-0.1, -0.05) is 39.0 Å². The minimum absolute atomic E-state index is 0.0292. The van der Waals surface area contributed by atoms with Crippen LogP contribution in [0.25, 0.3) is 0 Å². The number of morpholine rings is 1. The van der Waals surface area contributed by atoms with Crippen molar-refractivity contribution >= 4 is 5.91 Å². The van der Waals surface area contributed by atoms with Crippen LogP contribution in [0.3, 0.4) is 0 Å². The van der Waals surface area contributed by atoms with Crippen molar-refractivity contribution in [2.24, 2.45) is 0 Å². The minimum Gasteiger partial charge on any atom is -0.491 e. The lowest BCUT2D eigenvalue weighted by Gasteiger charge is -2.24. The lowest BCUT2D eigenvalue weighted by Crippen LogP contribution is -2.48. The Bertz CT molecular complexity index is 491. The average Bonchev–Trinajstić information content (AvgIpc) is 2.51. The van der Waals surface area contributed by atoms with Gasteiger partial charge in [-0.15, -0.1) is 0 Å². The second-order valence-corrected chi connectivity index (χ2v) is 6.45. The molecule has 1 saturated heterocycles. The van der Waals surface area contributed by atoms with Gasteiger partial charge >= 0.3 is 0 Å². The van der Waals surface area contributed by atoms with Crippen LogP contribution in [0.4, 0.5) is 0 Å². The van der Waals surface area contributed by atoms with Gasteiger partial charge < -0.3 is 20.1 Å². The van der Waals surface area contributed by atoms with E-state index >= 15 is 0 Å². The van der Waals surface area contributed by atoms with Crippen LogP contribution in [0, 0.1) is 0 Å². The molecule has 0 aromatic heterocycles. The number of carbonyl (C=O) groups excluding carboxylic acids is 1. The zero-order chi connectivity index (χ0) is 16.0. The number of benzene rings is 1. The quantitative estimate of drug-likeness (QED) is 0.809. The smallest absolute Gasteiger partial charge is 0.250 e. The Balaban J connectivity index is 1.78. The van der Waals surface area contributed by atoms with Gasteiger partial charge in [-0.2, -0.15) is 0 Å². The molecule has 1 heterocycles. The van der Waals surface area contributed by atoms with E-state index in [2.05, 4.69) is 37.5 Å². The lowest BCUT2D eigenvalue weighted by molar-refractivity contribution is -0.134. The fourth-order valence-corrected chi connectivity index (χ4v) is 2.39. The minimum atomic E-state index is -0.393. The van der Waals surface area contributed by atoms with Crippen molar-refractivity contribution in [1.29, 1.82) is 0 Å². The maximum atomic E-state index is 11.9. The second-order valence-electron chi connectivity index (χ2n) is 6.45. The summed E-state index contributed by atoms with van der Waals surface area (Å²) < 4.78 is 11.2. The number of carbonyl (C=O) groups is 1. The van der Waals surface area contributed by atoms with Crippen LogP contribution < -0.4 is 15.4 Å². The van der Waals surface area contributed by atoms with E-state index in [1.807, 2.05) is 18.2 Å². The second kappa shape index (κ2) is 7.61. The van der Waals surface area contributed by atoms with Crippen LogP contribution in [0.1, 0.15) is 26.3 Å². The van der Waals surface area contributed by atoms with E-state index in [1.54, 1.807) is 0 Å². The highest BCUT2D eigenvalue weighted by Gasteiger charge is 2.21. The average molecular weight is 306 g/mol. The molecular formula is C17H26N2O3. The third kappa shape index (κ3) is 4.71. The molecule has 2 N–H and O–H groups in total. The summed E-state index contributed by atoms with van der Waals surface area (Å²) in [6.45, 7) is 9.33. The monoisotopic (exact) mass is 306 g/mol. The van der Waals surface area contributed by atoms with Crippen molar-refractivity contribution in [3.63, 3.8) is 0 Å². The van der Waals surface area contributed by atoms with Gasteiger partial charge in [-0.25, -0.2) is 0 Å². The molecule has 1 atom stereocenters. The summed E-state index contributed by atoms with van der Waals surface area (Å²) in [4.78, 5) is 11.9. The molecule has 1 aliphatic rings. The molecule has 1 aromatic carbocycles. The Morgan fingerprint density at radius 2 is 2.18 bits per heavy atom. The molecule has 1 amide bonds. The molecule has 122 valence electrons. The van der Waals surface area contributed by atoms with Gasteiger partial charge in [0.25, 0.3) is 5.91 Å². The van der Waals surface area contributed by atoms with E-state index in [0.29, 0.717) is 26.3 Å². The molecule has 0 spiro atoms. The molecule has 0 radical (unpaired) electrons. The van der Waals surface area contributed by atoms with E-state index in [0.717, 1.165) is 12.3 Å². The molecule has 1 fully saturated rings. The first-order valence-corrected chi connectivity index (χ1v) is 7.81. The Labute approximate surface area is 132 Å². The normalized spacial score (nSPS) is 18.8. The molecule has 5 heteroatoms. The molecule has 2 rings (SSSR count). The summed E-state index contributed by atoms with van der Waals surface area (Å²) in [5.41, 5.74) is 1.20. The first-order chi connectivity index (χ1) is 10.5. The van der Waals surface area contributed by atoms with Crippen molar-refractivity contribution in [3.05, 3.63) is 29.8 Å². The maximum absolute atomic E-state index is 11.9. The van der Waals surface area contributed by atoms with Crippen LogP contribution in [-0.2, 0) is 14.9 Å². The number of nitrogens with one attached hydrogen (secondary N) is 2. The summed E-state index contributed by atoms with van der Waals surface area (Å²) in [5, 5.41) is 5.99. The zero-order valence-corrected chi connectivity index (χ0v) is 13.6. The predicted molar refractivity (Wildman–Crippen MR) is 86.3 cm³/mol. The van der Waals surface area contributed by atoms with Gasteiger partial charge in [-0.05, 0) is 17.0 Å². The number of para-hydroxylation sites is 1. The zero-order valence-electron chi connectivity index (χ0n) is 13.6. The number of hydrogen-bond donors (Lipinski definition) is 2. The number of amides is 1. The van der Waals surface area contributed by atoms with E-state index in [4.69, 9.17) is 9.47 Å². The summed E-state index contributed by atoms with van der Waals surface area (Å²) in [7, 11) is 0. The summed E-state index contributed by atoms with van der Waals surface area (Å²) in [5.74, 6) is 0.791. The molecule has 1 unspecified atom stereocenters. The van der Waals surface area contributed by atoms with Crippen molar-refractivity contribution in [3.8, 4) is 5.75 Å². The Morgan fingerprint density at radius 1 is 1.41 bits per heavy atom. The Morgan fingerprint density at radius 3 is 2.86 bits per heavy atom. The van der Waals surface area contributed by atoms with E-state index in [1.165, 1.54) is 5.56 Å². The molecule has 22 heavy (non-hydrogen) atoms. The third-order valence-corrected chi connectivity index (χ3v) is 3.57. The summed E-state index contributed by atoms with van der Waals surface area (Å²) in [6.07, 6.45) is -0.393. The van der Waals surface area contributed by atoms with Crippen LogP contribution in [0.15, 0.2) is 24.3 Å². The fraction of sp³-hybridized carbons (Fsp3) is 0.588. The van der Waals surface area contributed by atoms with Crippen LogP contribution in [-0.4, -0.2) is 44.9 Å². The molecule has 0 aliphatic carbocycles. The Kier molecular flexibility index (Phi) is 5.80. The van der Waals surface area contributed by atoms with Crippen molar-refractivity contribution in [2.45, 2.75) is 32.3 Å². The standard InChI is InChI=1S/C17H26N2O3/c1-17(2,3)13-6-4-5-7-14(13)21-11-9-19-16(20)15-12-18-8-10-22-15/h4-7,15,18H,8-12H2,1-3H3,(H,19,20). The van der Waals surface area contributed by atoms with Gasteiger partial charge in [0.05, 0.1) is 13.2 Å². The van der Waals surface area contributed by atoms with E-state index < -0.39 is 6.10 Å². The highest BCUT2D eigenvalue weighted by atomic mass is 16.5. The van der Waals surface area contributed by atoms with Gasteiger partial charge in [0.2, 0.25) is 0 Å². The summed E-state index contributed by atoms with van der Waals surface area (Å²) >= 11 is 0. The highest BCUT2D eigenvalue weighted by molar-refractivity contribution is 5.81. The van der Waals surface area contributed by atoms with Crippen LogP contribution in [0.5, 0.6) is 5.75 Å². The first-order valence-electron chi connectivity index (χ1n) is 7.81. The summed E-state index contributed by atoms with van der Waals surface area (Å²) in [6, 6.07) is 8.03. The van der Waals surface area contributed by atoms with Gasteiger partial charge in [0.1, 0.15) is 18.5 Å². The van der Waals surface area contributed by atoms with Crippen molar-refractivity contribution < 1.29 is 14.3 Å². The van der Waals surface area contributed by atoms with Crippen LogP contribution in [0.2, 0.25) is 0 Å². The number of rotatable bonds is 5. The Hall–Kier alpha value is -1.59. The van der Waals surface area contributed by atoms with E-state index in [9.17, 15) is 4.79 Å². The van der Waals surface area contributed by atoms with Crippen molar-refractivity contribution in [2.75, 3.05) is 32.8 Å². The maximum Gasteiger partial charge on any atom is 0.250 e. The fourth-order valence-electron chi connectivity index (χ4n) is 2.39. The molecule has 1 aliphatic heterocycles. The van der Waals surface area contributed by atoms with Gasteiger partial charge in [0, 0.05) is 13.1 Å². The van der Waals surface area contributed by atoms with Gasteiger partial charge in [-0.3, -0.25) is 4.79 Å². The molecular weight excluding hydrogens is 280 g/mol. The molecule has 5 nitrogen and oxygen atoms in total. The van der Waals surface area contributed by atoms with Gasteiger partial charge in [0.15, 0.2) is 0 Å². The topological polar surface area (TPSA) is 59.6 Å². The van der Waals surface area contributed by atoms with E-state index in [-0.39, 0.29) is 11.3 Å².